The Bertz CT molecular complexity index is 1490. The van der Waals surface area contributed by atoms with Crippen LogP contribution in [0, 0.1) is 5.82 Å². The molecule has 0 saturated heterocycles. The lowest BCUT2D eigenvalue weighted by atomic mass is 10.1. The first kappa shape index (κ1) is 22.7. The van der Waals surface area contributed by atoms with E-state index in [0.29, 0.717) is 30.8 Å². The molecule has 0 radical (unpaired) electrons. The number of rotatable bonds is 7. The summed E-state index contributed by atoms with van der Waals surface area (Å²) in [7, 11) is -7.17. The number of aromatic nitrogens is 2. The third-order valence-electron chi connectivity index (χ3n) is 5.63. The first-order valence-electron chi connectivity index (χ1n) is 10.4. The summed E-state index contributed by atoms with van der Waals surface area (Å²) in [6.45, 7) is 0.616. The van der Waals surface area contributed by atoms with Crippen molar-refractivity contribution in [2.24, 2.45) is 5.14 Å². The molecule has 1 aliphatic heterocycles. The number of sulfonamides is 2. The van der Waals surface area contributed by atoms with Crippen LogP contribution in [0.2, 0.25) is 0 Å². The highest BCUT2D eigenvalue weighted by Gasteiger charge is 2.42. The van der Waals surface area contributed by atoms with E-state index in [0.717, 1.165) is 17.3 Å². The highest BCUT2D eigenvalue weighted by Crippen LogP contribution is 2.36. The lowest BCUT2D eigenvalue weighted by Gasteiger charge is -2.14. The van der Waals surface area contributed by atoms with Crippen LogP contribution in [0.4, 0.5) is 27.5 Å². The number of fused-ring (bicyclic) bond motifs is 1. The van der Waals surface area contributed by atoms with Crippen molar-refractivity contribution < 1.29 is 21.2 Å². The molecule has 5 rings (SSSR count). The molecule has 0 unspecified atom stereocenters. The predicted molar refractivity (Wildman–Crippen MR) is 124 cm³/mol. The van der Waals surface area contributed by atoms with Crippen LogP contribution in [0.1, 0.15) is 24.0 Å². The SMILES string of the molecule is NS(=O)(=O)c1cccc(Nc2ncc(F)c(Nc3ccc4c(c3)CN(S(=O)(=O)C3CC3)C4)n2)c1. The molecule has 2 aliphatic rings. The van der Waals surface area contributed by atoms with Crippen LogP contribution in [-0.4, -0.2) is 36.4 Å². The van der Waals surface area contributed by atoms with Gasteiger partial charge in [0, 0.05) is 24.5 Å². The van der Waals surface area contributed by atoms with Crippen LogP contribution >= 0.6 is 0 Å². The Labute approximate surface area is 196 Å². The molecule has 3 aromatic rings. The second kappa shape index (κ2) is 8.27. The largest absolute Gasteiger partial charge is 0.338 e. The molecule has 0 atom stereocenters. The molecular formula is C21H21FN6O4S2. The first-order chi connectivity index (χ1) is 16.1. The van der Waals surface area contributed by atoms with Crippen LogP contribution in [0.15, 0.2) is 53.6 Å². The average molecular weight is 505 g/mol. The Morgan fingerprint density at radius 1 is 0.971 bits per heavy atom. The number of hydrogen-bond acceptors (Lipinski definition) is 8. The van der Waals surface area contributed by atoms with Gasteiger partial charge in [0.2, 0.25) is 26.0 Å². The molecule has 178 valence electrons. The minimum atomic E-state index is -3.89. The van der Waals surface area contributed by atoms with Gasteiger partial charge in [0.15, 0.2) is 11.6 Å². The minimum absolute atomic E-state index is 0.0401. The number of halogens is 1. The van der Waals surface area contributed by atoms with E-state index >= 15 is 0 Å². The standard InChI is InChI=1S/C21H21FN6O4S2/c22-19-10-24-21(26-15-2-1-3-18(9-15)33(23,29)30)27-20(19)25-16-5-4-13-11-28(12-14(13)8-16)34(31,32)17-6-7-17/h1-5,8-10,17H,6-7,11-12H2,(H2,23,29,30)(H2,24,25,26,27). The van der Waals surface area contributed by atoms with E-state index in [1.165, 1.54) is 22.5 Å². The van der Waals surface area contributed by atoms with Crippen LogP contribution in [-0.2, 0) is 33.1 Å². The third kappa shape index (κ3) is 4.59. The first-order valence-corrected chi connectivity index (χ1v) is 13.4. The molecule has 0 amide bonds. The maximum absolute atomic E-state index is 14.4. The lowest BCUT2D eigenvalue weighted by molar-refractivity contribution is 0.430. The molecule has 1 saturated carbocycles. The van der Waals surface area contributed by atoms with E-state index in [-0.39, 0.29) is 28.5 Å². The summed E-state index contributed by atoms with van der Waals surface area (Å²) in [5.41, 5.74) is 2.67. The molecule has 0 spiro atoms. The topological polar surface area (TPSA) is 147 Å². The van der Waals surface area contributed by atoms with Gasteiger partial charge in [-0.25, -0.2) is 31.3 Å². The van der Waals surface area contributed by atoms with E-state index < -0.39 is 25.9 Å². The normalized spacial score (nSPS) is 16.3. The summed E-state index contributed by atoms with van der Waals surface area (Å²) < 4.78 is 64.1. The molecule has 2 heterocycles. The summed E-state index contributed by atoms with van der Waals surface area (Å²) in [5.74, 6) is -0.749. The summed E-state index contributed by atoms with van der Waals surface area (Å²) >= 11 is 0. The van der Waals surface area contributed by atoms with Crippen molar-refractivity contribution in [1.82, 2.24) is 14.3 Å². The number of nitrogens with one attached hydrogen (secondary N) is 2. The van der Waals surface area contributed by atoms with Gasteiger partial charge < -0.3 is 10.6 Å². The summed E-state index contributed by atoms with van der Waals surface area (Å²) in [5, 5.41) is 10.6. The molecule has 0 bridgehead atoms. The molecule has 34 heavy (non-hydrogen) atoms. The maximum atomic E-state index is 14.4. The van der Waals surface area contributed by atoms with Gasteiger partial charge in [-0.2, -0.15) is 9.29 Å². The monoisotopic (exact) mass is 504 g/mol. The van der Waals surface area contributed by atoms with Gasteiger partial charge in [-0.3, -0.25) is 0 Å². The van der Waals surface area contributed by atoms with Crippen LogP contribution in [0.25, 0.3) is 0 Å². The molecule has 2 aromatic carbocycles. The van der Waals surface area contributed by atoms with Gasteiger partial charge in [-0.05, 0) is 54.3 Å². The number of primary sulfonamides is 1. The van der Waals surface area contributed by atoms with Crippen molar-refractivity contribution in [3.8, 4) is 0 Å². The number of anilines is 4. The van der Waals surface area contributed by atoms with Crippen molar-refractivity contribution in [3.63, 3.8) is 0 Å². The summed E-state index contributed by atoms with van der Waals surface area (Å²) in [6, 6.07) is 11.1. The fourth-order valence-electron chi connectivity index (χ4n) is 3.73. The zero-order chi connectivity index (χ0) is 24.1. The Morgan fingerprint density at radius 3 is 2.44 bits per heavy atom. The Hall–Kier alpha value is -3.13. The van der Waals surface area contributed by atoms with Gasteiger partial charge in [0.1, 0.15) is 0 Å². The fraction of sp³-hybridized carbons (Fsp3) is 0.238. The van der Waals surface area contributed by atoms with E-state index in [1.807, 2.05) is 6.07 Å². The Balaban J connectivity index is 1.34. The molecule has 1 aliphatic carbocycles. The third-order valence-corrected chi connectivity index (χ3v) is 8.83. The van der Waals surface area contributed by atoms with Crippen molar-refractivity contribution in [1.29, 1.82) is 0 Å². The smallest absolute Gasteiger partial charge is 0.238 e. The van der Waals surface area contributed by atoms with Crippen LogP contribution in [0.5, 0.6) is 0 Å². The van der Waals surface area contributed by atoms with Gasteiger partial charge in [0.05, 0.1) is 16.3 Å². The highest BCUT2D eigenvalue weighted by molar-refractivity contribution is 7.90. The van der Waals surface area contributed by atoms with Gasteiger partial charge >= 0.3 is 0 Å². The second-order valence-corrected chi connectivity index (χ2v) is 12.0. The average Bonchev–Trinajstić information content (AvgIpc) is 3.56. The molecule has 13 heteroatoms. The Morgan fingerprint density at radius 2 is 1.71 bits per heavy atom. The van der Waals surface area contributed by atoms with E-state index in [9.17, 15) is 21.2 Å². The van der Waals surface area contributed by atoms with Crippen molar-refractivity contribution >= 4 is 43.2 Å². The molecular weight excluding hydrogens is 483 g/mol. The van der Waals surface area contributed by atoms with E-state index in [4.69, 9.17) is 5.14 Å². The van der Waals surface area contributed by atoms with E-state index in [1.54, 1.807) is 18.2 Å². The number of nitrogens with zero attached hydrogens (tertiary/aromatic N) is 3. The minimum Gasteiger partial charge on any atom is -0.338 e. The fourth-order valence-corrected chi connectivity index (χ4v) is 6.08. The summed E-state index contributed by atoms with van der Waals surface area (Å²) in [6.07, 6.45) is 2.40. The lowest BCUT2D eigenvalue weighted by Crippen LogP contribution is -2.28. The Kier molecular flexibility index (Phi) is 5.51. The van der Waals surface area contributed by atoms with E-state index in [2.05, 4.69) is 20.6 Å². The highest BCUT2D eigenvalue weighted by atomic mass is 32.2. The molecule has 1 aromatic heterocycles. The van der Waals surface area contributed by atoms with Crippen molar-refractivity contribution in [3.05, 3.63) is 65.6 Å². The summed E-state index contributed by atoms with van der Waals surface area (Å²) in [4.78, 5) is 7.94. The number of nitrogens with two attached hydrogens (primary N) is 1. The quantitative estimate of drug-likeness (QED) is 0.445. The van der Waals surface area contributed by atoms with Crippen LogP contribution < -0.4 is 15.8 Å². The number of hydrogen-bond donors (Lipinski definition) is 3. The van der Waals surface area contributed by atoms with Crippen molar-refractivity contribution in [2.75, 3.05) is 10.6 Å². The molecule has 1 fully saturated rings. The zero-order valence-corrected chi connectivity index (χ0v) is 19.4. The maximum Gasteiger partial charge on any atom is 0.238 e. The number of benzene rings is 2. The van der Waals surface area contributed by atoms with Gasteiger partial charge in [-0.15, -0.1) is 0 Å². The van der Waals surface area contributed by atoms with Crippen molar-refractivity contribution in [2.45, 2.75) is 36.1 Å². The predicted octanol–water partition coefficient (Wildman–Crippen LogP) is 2.56. The van der Waals surface area contributed by atoms with Crippen LogP contribution in [0.3, 0.4) is 0 Å². The molecule has 4 N–H and O–H groups in total. The zero-order valence-electron chi connectivity index (χ0n) is 17.8. The molecule has 10 nitrogen and oxygen atoms in total. The van der Waals surface area contributed by atoms with Gasteiger partial charge in [0.25, 0.3) is 0 Å². The second-order valence-electron chi connectivity index (χ2n) is 8.21. The van der Waals surface area contributed by atoms with Gasteiger partial charge in [-0.1, -0.05) is 12.1 Å².